The van der Waals surface area contributed by atoms with Crippen LogP contribution in [-0.2, 0) is 0 Å². The zero-order chi connectivity index (χ0) is 17.3. The number of carboxylic acids is 1. The van der Waals surface area contributed by atoms with E-state index in [-0.39, 0.29) is 11.1 Å². The second-order valence-corrected chi connectivity index (χ2v) is 5.81. The van der Waals surface area contributed by atoms with E-state index in [1.165, 1.54) is 28.8 Å². The SMILES string of the molecule is O=C(O)c1ccc2nc(/C=C/c3ccc(Cl)cc3Cl)cc(=O)n2c1. The van der Waals surface area contributed by atoms with Crippen LogP contribution < -0.4 is 5.56 Å². The van der Waals surface area contributed by atoms with Crippen molar-refractivity contribution in [3.8, 4) is 0 Å². The number of rotatable bonds is 3. The Morgan fingerprint density at radius 2 is 1.92 bits per heavy atom. The smallest absolute Gasteiger partial charge is 0.337 e. The highest BCUT2D eigenvalue weighted by Gasteiger charge is 2.06. The molecule has 120 valence electrons. The lowest BCUT2D eigenvalue weighted by molar-refractivity contribution is 0.0696. The monoisotopic (exact) mass is 360 g/mol. The highest BCUT2D eigenvalue weighted by atomic mass is 35.5. The molecule has 0 atom stereocenters. The van der Waals surface area contributed by atoms with Gasteiger partial charge in [-0.2, -0.15) is 0 Å². The molecule has 2 heterocycles. The summed E-state index contributed by atoms with van der Waals surface area (Å²) in [6.45, 7) is 0. The first-order valence-electron chi connectivity index (χ1n) is 6.84. The fourth-order valence-electron chi connectivity index (χ4n) is 2.14. The van der Waals surface area contributed by atoms with Crippen LogP contribution >= 0.6 is 23.2 Å². The molecule has 3 rings (SSSR count). The van der Waals surface area contributed by atoms with E-state index >= 15 is 0 Å². The van der Waals surface area contributed by atoms with Gasteiger partial charge in [0.25, 0.3) is 5.56 Å². The number of hydrogen-bond donors (Lipinski definition) is 1. The predicted molar refractivity (Wildman–Crippen MR) is 93.8 cm³/mol. The molecule has 0 radical (unpaired) electrons. The van der Waals surface area contributed by atoms with Crippen molar-refractivity contribution in [1.82, 2.24) is 9.38 Å². The Kier molecular flexibility index (Phi) is 4.38. The molecule has 7 heteroatoms. The van der Waals surface area contributed by atoms with Crippen LogP contribution in [0.1, 0.15) is 21.6 Å². The molecule has 0 aliphatic heterocycles. The predicted octanol–water partition coefficient (Wildman–Crippen LogP) is 3.87. The third-order valence-corrected chi connectivity index (χ3v) is 3.88. The maximum atomic E-state index is 12.1. The fraction of sp³-hybridized carbons (Fsp3) is 0. The van der Waals surface area contributed by atoms with Crippen LogP contribution in [0.2, 0.25) is 10.0 Å². The highest BCUT2D eigenvalue weighted by molar-refractivity contribution is 6.35. The first-order valence-corrected chi connectivity index (χ1v) is 7.59. The van der Waals surface area contributed by atoms with Gasteiger partial charge in [-0.1, -0.05) is 35.3 Å². The molecule has 1 aromatic carbocycles. The summed E-state index contributed by atoms with van der Waals surface area (Å²) in [4.78, 5) is 27.4. The van der Waals surface area contributed by atoms with Crippen molar-refractivity contribution in [3.05, 3.63) is 79.8 Å². The Bertz CT molecular complexity index is 1040. The molecule has 0 unspecified atom stereocenters. The lowest BCUT2D eigenvalue weighted by Crippen LogP contribution is -2.15. The van der Waals surface area contributed by atoms with Crippen molar-refractivity contribution in [2.24, 2.45) is 0 Å². The second kappa shape index (κ2) is 6.47. The molecule has 0 aliphatic rings. The quantitative estimate of drug-likeness (QED) is 0.769. The summed E-state index contributed by atoms with van der Waals surface area (Å²) in [6.07, 6.45) is 4.63. The molecule has 5 nitrogen and oxygen atoms in total. The van der Waals surface area contributed by atoms with Crippen LogP contribution in [0.5, 0.6) is 0 Å². The van der Waals surface area contributed by atoms with Gasteiger partial charge in [0.15, 0.2) is 0 Å². The Morgan fingerprint density at radius 3 is 2.62 bits per heavy atom. The zero-order valence-electron chi connectivity index (χ0n) is 12.1. The molecule has 0 saturated carbocycles. The van der Waals surface area contributed by atoms with Crippen molar-refractivity contribution < 1.29 is 9.90 Å². The van der Waals surface area contributed by atoms with Crippen LogP contribution in [-0.4, -0.2) is 20.5 Å². The molecular formula is C17H10Cl2N2O3. The number of benzene rings is 1. The van der Waals surface area contributed by atoms with Gasteiger partial charge in [0.2, 0.25) is 0 Å². The molecule has 0 saturated heterocycles. The lowest BCUT2D eigenvalue weighted by atomic mass is 10.2. The minimum Gasteiger partial charge on any atom is -0.478 e. The van der Waals surface area contributed by atoms with Crippen molar-refractivity contribution in [3.63, 3.8) is 0 Å². The van der Waals surface area contributed by atoms with E-state index in [9.17, 15) is 9.59 Å². The summed E-state index contributed by atoms with van der Waals surface area (Å²) in [7, 11) is 0. The van der Waals surface area contributed by atoms with Gasteiger partial charge in [0, 0.05) is 22.3 Å². The Hall–Kier alpha value is -2.63. The third-order valence-electron chi connectivity index (χ3n) is 3.32. The first-order chi connectivity index (χ1) is 11.4. The number of carbonyl (C=O) groups is 1. The number of nitrogens with zero attached hydrogens (tertiary/aromatic N) is 2. The second-order valence-electron chi connectivity index (χ2n) is 4.97. The number of halogens is 2. The molecule has 2 aromatic heterocycles. The van der Waals surface area contributed by atoms with E-state index in [0.29, 0.717) is 21.4 Å². The van der Waals surface area contributed by atoms with Crippen molar-refractivity contribution in [2.75, 3.05) is 0 Å². The minimum absolute atomic E-state index is 0.0163. The van der Waals surface area contributed by atoms with Gasteiger partial charge in [-0.15, -0.1) is 0 Å². The molecule has 1 N–H and O–H groups in total. The summed E-state index contributed by atoms with van der Waals surface area (Å²) in [5, 5.41) is 10.0. The number of pyridine rings is 1. The summed E-state index contributed by atoms with van der Waals surface area (Å²) < 4.78 is 1.19. The third kappa shape index (κ3) is 3.32. The van der Waals surface area contributed by atoms with Crippen LogP contribution in [0.4, 0.5) is 0 Å². The van der Waals surface area contributed by atoms with E-state index in [1.54, 1.807) is 30.4 Å². The molecule has 3 aromatic rings. The average molecular weight is 361 g/mol. The summed E-state index contributed by atoms with van der Waals surface area (Å²) in [6, 6.07) is 9.29. The standard InChI is InChI=1S/C17H10Cl2N2O3/c18-12-4-1-10(14(19)7-12)2-5-13-8-16(22)21-9-11(17(23)24)3-6-15(21)20-13/h1-9H,(H,23,24)/b5-2+. The average Bonchev–Trinajstić information content (AvgIpc) is 2.53. The number of fused-ring (bicyclic) bond motifs is 1. The summed E-state index contributed by atoms with van der Waals surface area (Å²) in [5.41, 5.74) is 1.18. The van der Waals surface area contributed by atoms with Crippen molar-refractivity contribution in [1.29, 1.82) is 0 Å². The molecular weight excluding hydrogens is 351 g/mol. The van der Waals surface area contributed by atoms with E-state index in [0.717, 1.165) is 5.56 Å². The molecule has 0 amide bonds. The topological polar surface area (TPSA) is 71.7 Å². The summed E-state index contributed by atoms with van der Waals surface area (Å²) in [5.74, 6) is -1.11. The number of hydrogen-bond acceptors (Lipinski definition) is 3. The van der Waals surface area contributed by atoms with E-state index in [1.807, 2.05) is 0 Å². The van der Waals surface area contributed by atoms with Crippen LogP contribution in [0.15, 0.2) is 47.4 Å². The van der Waals surface area contributed by atoms with Crippen LogP contribution in [0, 0.1) is 0 Å². The Morgan fingerprint density at radius 1 is 1.12 bits per heavy atom. The van der Waals surface area contributed by atoms with Gasteiger partial charge in [0.1, 0.15) is 5.65 Å². The molecule has 0 bridgehead atoms. The summed E-state index contributed by atoms with van der Waals surface area (Å²) >= 11 is 11.9. The maximum Gasteiger partial charge on any atom is 0.337 e. The largest absolute Gasteiger partial charge is 0.478 e. The highest BCUT2D eigenvalue weighted by Crippen LogP contribution is 2.22. The number of carboxylic acid groups (broad SMARTS) is 1. The van der Waals surface area contributed by atoms with E-state index in [2.05, 4.69) is 4.98 Å². The van der Waals surface area contributed by atoms with Gasteiger partial charge >= 0.3 is 5.97 Å². The van der Waals surface area contributed by atoms with Crippen LogP contribution in [0.3, 0.4) is 0 Å². The Balaban J connectivity index is 2.01. The van der Waals surface area contributed by atoms with Crippen molar-refractivity contribution in [2.45, 2.75) is 0 Å². The lowest BCUT2D eigenvalue weighted by Gasteiger charge is -2.03. The molecule has 0 fully saturated rings. The normalized spacial score (nSPS) is 11.2. The number of aromatic nitrogens is 2. The molecule has 24 heavy (non-hydrogen) atoms. The number of aromatic carboxylic acids is 1. The maximum absolute atomic E-state index is 12.1. The molecule has 0 aliphatic carbocycles. The van der Waals surface area contributed by atoms with Gasteiger partial charge < -0.3 is 5.11 Å². The van der Waals surface area contributed by atoms with Crippen molar-refractivity contribution >= 4 is 47.0 Å². The first kappa shape index (κ1) is 16.2. The fourth-order valence-corrected chi connectivity index (χ4v) is 2.62. The molecule has 0 spiro atoms. The van der Waals surface area contributed by atoms with E-state index < -0.39 is 5.97 Å². The minimum atomic E-state index is -1.11. The van der Waals surface area contributed by atoms with Gasteiger partial charge in [0.05, 0.1) is 11.3 Å². The zero-order valence-corrected chi connectivity index (χ0v) is 13.6. The van der Waals surface area contributed by atoms with Gasteiger partial charge in [-0.05, 0) is 35.9 Å². The Labute approximate surface area is 146 Å². The van der Waals surface area contributed by atoms with Crippen LogP contribution in [0.25, 0.3) is 17.8 Å². The van der Waals surface area contributed by atoms with Gasteiger partial charge in [-0.3, -0.25) is 9.20 Å². The van der Waals surface area contributed by atoms with Gasteiger partial charge in [-0.25, -0.2) is 9.78 Å². The van der Waals surface area contributed by atoms with E-state index in [4.69, 9.17) is 28.3 Å².